The van der Waals surface area contributed by atoms with Gasteiger partial charge in [0.25, 0.3) is 0 Å². The van der Waals surface area contributed by atoms with Crippen molar-refractivity contribution in [2.45, 2.75) is 24.9 Å². The zero-order valence-corrected chi connectivity index (χ0v) is 9.24. The van der Waals surface area contributed by atoms with Gasteiger partial charge in [-0.25, -0.2) is 0 Å². The van der Waals surface area contributed by atoms with Gasteiger partial charge in [0.05, 0.1) is 0 Å². The van der Waals surface area contributed by atoms with E-state index in [-0.39, 0.29) is 0 Å². The molecule has 0 nitrogen and oxygen atoms in total. The minimum atomic E-state index is -5.36. The van der Waals surface area contributed by atoms with Crippen LogP contribution in [0.2, 0.25) is 14.8 Å². The Hall–Kier alpha value is 0.449. The Kier molecular flexibility index (Phi) is 2.85. The second-order valence-electron chi connectivity index (χ2n) is 3.32. The summed E-state index contributed by atoms with van der Waals surface area (Å²) in [5.74, 6) is 0. The van der Waals surface area contributed by atoms with Crippen molar-refractivity contribution in [2.24, 2.45) is 0 Å². The third kappa shape index (κ3) is 2.19. The van der Waals surface area contributed by atoms with Crippen LogP contribution in [0.15, 0.2) is 0 Å². The van der Waals surface area contributed by atoms with Crippen LogP contribution in [-0.4, -0.2) is 28.5 Å². The zero-order valence-electron chi connectivity index (χ0n) is 6.39. The normalized spacial score (nSPS) is 15.3. The summed E-state index contributed by atoms with van der Waals surface area (Å²) in [6, 6.07) is 0. The molecule has 0 aliphatic rings. The third-order valence-electron chi connectivity index (χ3n) is 1.30. The molecule has 0 aromatic carbocycles. The summed E-state index contributed by atoms with van der Waals surface area (Å²) in [7, 11) is 0. The van der Waals surface area contributed by atoms with Crippen LogP contribution in [0.5, 0.6) is 0 Å². The average Bonchev–Trinajstić information content (AvgIpc) is 1.58. The maximum absolute atomic E-state index is 12.4. The van der Waals surface area contributed by atoms with Crippen molar-refractivity contribution in [3.05, 3.63) is 0 Å². The molecule has 0 bridgehead atoms. The molecule has 6 heteroatoms. The standard InChI is InChI=1S/C2F5.3CH3.Sn/c3-1(4)2(5,6)7;;;;/h;3*1H3;. The Morgan fingerprint density at radius 1 is 0.818 bits per heavy atom. The summed E-state index contributed by atoms with van der Waals surface area (Å²) in [6.07, 6.45) is -5.36. The minimum absolute atomic E-state index is 1.06. The van der Waals surface area contributed by atoms with Crippen LogP contribution in [0.1, 0.15) is 0 Å². The van der Waals surface area contributed by atoms with Gasteiger partial charge in [0.2, 0.25) is 0 Å². The van der Waals surface area contributed by atoms with Gasteiger partial charge in [0, 0.05) is 0 Å². The fourth-order valence-electron chi connectivity index (χ4n) is 0.425. The number of rotatable bonds is 1. The number of alkyl halides is 5. The molecule has 0 amide bonds. The molecule has 0 radical (unpaired) electrons. The monoisotopic (exact) mass is 284 g/mol. The van der Waals surface area contributed by atoms with Crippen LogP contribution in [0.25, 0.3) is 0 Å². The fraction of sp³-hybridized carbons (Fsp3) is 1.00. The van der Waals surface area contributed by atoms with E-state index in [1.807, 2.05) is 0 Å². The Morgan fingerprint density at radius 2 is 1.09 bits per heavy atom. The molecule has 11 heavy (non-hydrogen) atoms. The van der Waals surface area contributed by atoms with E-state index in [1.54, 1.807) is 0 Å². The van der Waals surface area contributed by atoms with Gasteiger partial charge in [-0.05, 0) is 0 Å². The van der Waals surface area contributed by atoms with Crippen LogP contribution in [-0.2, 0) is 0 Å². The van der Waals surface area contributed by atoms with Crippen molar-refractivity contribution < 1.29 is 22.0 Å². The summed E-state index contributed by atoms with van der Waals surface area (Å²) in [6.45, 7) is 0. The Morgan fingerprint density at radius 3 is 1.09 bits per heavy atom. The topological polar surface area (TPSA) is 0 Å². The van der Waals surface area contributed by atoms with E-state index in [4.69, 9.17) is 0 Å². The molecule has 0 saturated carbocycles. The molecule has 0 aromatic rings. The first kappa shape index (κ1) is 11.4. The summed E-state index contributed by atoms with van der Waals surface area (Å²) in [5, 5.41) is 0. The Labute approximate surface area is 65.6 Å². The summed E-state index contributed by atoms with van der Waals surface area (Å²) in [5.41, 5.74) is 0. The summed E-state index contributed by atoms with van der Waals surface area (Å²) in [4.78, 5) is 3.17. The van der Waals surface area contributed by atoms with Crippen molar-refractivity contribution in [2.75, 3.05) is 0 Å². The Balaban J connectivity index is 4.75. The van der Waals surface area contributed by atoms with E-state index in [2.05, 4.69) is 0 Å². The molecule has 0 N–H and O–H groups in total. The van der Waals surface area contributed by atoms with Crippen molar-refractivity contribution >= 4 is 18.4 Å². The van der Waals surface area contributed by atoms with Crippen molar-refractivity contribution in [1.29, 1.82) is 0 Å². The third-order valence-corrected chi connectivity index (χ3v) is 7.48. The molecule has 0 saturated heterocycles. The van der Waals surface area contributed by atoms with Crippen molar-refractivity contribution in [3.63, 3.8) is 0 Å². The summed E-state index contributed by atoms with van der Waals surface area (Å²) < 4.78 is 55.3. The quantitative estimate of drug-likeness (QED) is 0.512. The SMILES string of the molecule is [CH3][Sn]([CH3])([CH3])[C](F)(F)C(F)(F)F. The summed E-state index contributed by atoms with van der Waals surface area (Å²) >= 11 is -4.20. The van der Waals surface area contributed by atoms with E-state index in [1.165, 1.54) is 0 Å². The van der Waals surface area contributed by atoms with E-state index < -0.39 is 28.5 Å². The zero-order chi connectivity index (χ0) is 9.50. The van der Waals surface area contributed by atoms with Gasteiger partial charge in [-0.3, -0.25) is 0 Å². The molecule has 0 aromatic heterocycles. The molecule has 0 spiro atoms. The molecular formula is C5H9F5Sn. The second-order valence-corrected chi connectivity index (χ2v) is 18.0. The molecule has 0 aliphatic carbocycles. The van der Waals surface area contributed by atoms with E-state index >= 15 is 0 Å². The first-order chi connectivity index (χ1) is 4.50. The number of hydrogen-bond donors (Lipinski definition) is 0. The van der Waals surface area contributed by atoms with Gasteiger partial charge < -0.3 is 0 Å². The van der Waals surface area contributed by atoms with Gasteiger partial charge in [0.15, 0.2) is 0 Å². The van der Waals surface area contributed by atoms with Crippen LogP contribution < -0.4 is 0 Å². The van der Waals surface area contributed by atoms with Crippen molar-refractivity contribution in [3.8, 4) is 0 Å². The predicted octanol–water partition coefficient (Wildman–Crippen LogP) is 3.06. The van der Waals surface area contributed by atoms with E-state index in [0.29, 0.717) is 0 Å². The van der Waals surface area contributed by atoms with Gasteiger partial charge in [-0.2, -0.15) is 0 Å². The van der Waals surface area contributed by atoms with E-state index in [0.717, 1.165) is 14.8 Å². The molecule has 0 fully saturated rings. The van der Waals surface area contributed by atoms with Gasteiger partial charge in [0.1, 0.15) is 0 Å². The molecule has 0 rings (SSSR count). The maximum atomic E-state index is 12.4. The molecular weight excluding hydrogens is 274 g/mol. The van der Waals surface area contributed by atoms with E-state index in [9.17, 15) is 22.0 Å². The van der Waals surface area contributed by atoms with Gasteiger partial charge in [-0.1, -0.05) is 0 Å². The van der Waals surface area contributed by atoms with Crippen LogP contribution >= 0.6 is 0 Å². The molecule has 68 valence electrons. The average molecular weight is 283 g/mol. The first-order valence-electron chi connectivity index (χ1n) is 2.94. The fourth-order valence-corrected chi connectivity index (χ4v) is 2.85. The Bertz CT molecular complexity index is 126. The molecule has 0 heterocycles. The molecule has 0 aliphatic heterocycles. The predicted molar refractivity (Wildman–Crippen MR) is 34.3 cm³/mol. The van der Waals surface area contributed by atoms with Crippen LogP contribution in [0.3, 0.4) is 0 Å². The van der Waals surface area contributed by atoms with Crippen LogP contribution in [0, 0.1) is 0 Å². The van der Waals surface area contributed by atoms with Crippen molar-refractivity contribution in [1.82, 2.24) is 0 Å². The second kappa shape index (κ2) is 2.74. The van der Waals surface area contributed by atoms with Crippen LogP contribution in [0.4, 0.5) is 22.0 Å². The van der Waals surface area contributed by atoms with Gasteiger partial charge >= 0.3 is 65.3 Å². The number of halogens is 5. The first-order valence-corrected chi connectivity index (χ1v) is 12.9. The molecule has 0 atom stereocenters. The molecule has 0 unspecified atom stereocenters. The van der Waals surface area contributed by atoms with Gasteiger partial charge in [-0.15, -0.1) is 0 Å². The number of hydrogen-bond acceptors (Lipinski definition) is 0.